The van der Waals surface area contributed by atoms with Crippen LogP contribution in [-0.4, -0.2) is 17.5 Å². The molecule has 2 heteroatoms. The molecule has 4 aliphatic rings. The third-order valence-electron chi connectivity index (χ3n) is 11.2. The number of carbonyl (C=O) groups excluding carboxylic acids is 1. The molecule has 164 valence electrons. The van der Waals surface area contributed by atoms with Crippen molar-refractivity contribution in [3.05, 3.63) is 11.1 Å². The first-order chi connectivity index (χ1) is 13.5. The van der Waals surface area contributed by atoms with Gasteiger partial charge in [0.2, 0.25) is 0 Å². The van der Waals surface area contributed by atoms with Crippen LogP contribution in [-0.2, 0) is 4.79 Å². The molecule has 0 bridgehead atoms. The first-order valence-corrected chi connectivity index (χ1v) is 12.4. The topological polar surface area (TPSA) is 37.3 Å². The van der Waals surface area contributed by atoms with Gasteiger partial charge in [0.1, 0.15) is 6.29 Å². The maximum absolute atomic E-state index is 11.0. The van der Waals surface area contributed by atoms with Crippen LogP contribution in [0.2, 0.25) is 0 Å². The molecule has 0 aromatic heterocycles. The second kappa shape index (κ2) is 6.94. The predicted octanol–water partition coefficient (Wildman–Crippen LogP) is 6.71. The molecule has 0 aliphatic heterocycles. The van der Waals surface area contributed by atoms with Crippen molar-refractivity contribution in [2.24, 2.45) is 39.4 Å². The molecule has 29 heavy (non-hydrogen) atoms. The molecule has 0 aromatic carbocycles. The summed E-state index contributed by atoms with van der Waals surface area (Å²) in [4.78, 5) is 11.0. The van der Waals surface area contributed by atoms with E-state index in [-0.39, 0.29) is 16.9 Å². The lowest BCUT2D eigenvalue weighted by molar-refractivity contribution is -0.108. The van der Waals surface area contributed by atoms with Gasteiger partial charge in [-0.2, -0.15) is 0 Å². The number of aldehydes is 1. The van der Waals surface area contributed by atoms with Crippen molar-refractivity contribution in [1.29, 1.82) is 0 Å². The summed E-state index contributed by atoms with van der Waals surface area (Å²) < 4.78 is 0. The second-order valence-corrected chi connectivity index (χ2v) is 12.5. The van der Waals surface area contributed by atoms with Gasteiger partial charge in [0, 0.05) is 6.42 Å². The fourth-order valence-corrected chi connectivity index (χ4v) is 9.16. The highest BCUT2D eigenvalue weighted by molar-refractivity contribution is 5.49. The number of aliphatic hydroxyl groups excluding tert-OH is 1. The molecule has 4 aliphatic carbocycles. The van der Waals surface area contributed by atoms with Crippen LogP contribution < -0.4 is 0 Å². The molecule has 2 fully saturated rings. The monoisotopic (exact) mass is 400 g/mol. The lowest BCUT2D eigenvalue weighted by Crippen LogP contribution is -2.55. The smallest absolute Gasteiger partial charge is 0.120 e. The average Bonchev–Trinajstić information content (AvgIpc) is 2.95. The number of hydrogen-bond donors (Lipinski definition) is 1. The Morgan fingerprint density at radius 2 is 1.72 bits per heavy atom. The Hall–Kier alpha value is -0.630. The summed E-state index contributed by atoms with van der Waals surface area (Å²) >= 11 is 0. The predicted molar refractivity (Wildman–Crippen MR) is 120 cm³/mol. The van der Waals surface area contributed by atoms with E-state index in [1.54, 1.807) is 5.57 Å². The minimum Gasteiger partial charge on any atom is -0.393 e. The van der Waals surface area contributed by atoms with Crippen molar-refractivity contribution < 1.29 is 9.90 Å². The van der Waals surface area contributed by atoms with E-state index in [0.717, 1.165) is 37.9 Å². The van der Waals surface area contributed by atoms with E-state index >= 15 is 0 Å². The van der Waals surface area contributed by atoms with Gasteiger partial charge in [-0.1, -0.05) is 52.7 Å². The van der Waals surface area contributed by atoms with Crippen molar-refractivity contribution in [2.45, 2.75) is 112 Å². The summed E-state index contributed by atoms with van der Waals surface area (Å²) in [5.41, 5.74) is 4.63. The molecule has 7 atom stereocenters. The molecular formula is C27H44O2. The molecule has 0 saturated heterocycles. The van der Waals surface area contributed by atoms with E-state index in [1.165, 1.54) is 38.5 Å². The molecule has 0 heterocycles. The van der Waals surface area contributed by atoms with Crippen molar-refractivity contribution in [3.63, 3.8) is 0 Å². The van der Waals surface area contributed by atoms with Crippen LogP contribution in [0.3, 0.4) is 0 Å². The molecular weight excluding hydrogens is 356 g/mol. The Morgan fingerprint density at radius 3 is 2.41 bits per heavy atom. The number of carbonyl (C=O) groups is 1. The Labute approximate surface area is 178 Å². The minimum absolute atomic E-state index is 0.0226. The average molecular weight is 401 g/mol. The maximum Gasteiger partial charge on any atom is 0.120 e. The molecule has 0 spiro atoms. The summed E-state index contributed by atoms with van der Waals surface area (Å²) in [7, 11) is 0. The van der Waals surface area contributed by atoms with E-state index in [9.17, 15) is 9.90 Å². The second-order valence-electron chi connectivity index (χ2n) is 12.5. The van der Waals surface area contributed by atoms with Gasteiger partial charge in [0.05, 0.1) is 6.10 Å². The molecule has 1 N–H and O–H groups in total. The maximum atomic E-state index is 11.0. The van der Waals surface area contributed by atoms with E-state index in [0.29, 0.717) is 22.7 Å². The summed E-state index contributed by atoms with van der Waals surface area (Å²) in [5.74, 6) is 2.00. The Bertz CT molecular complexity index is 705. The molecule has 0 radical (unpaired) electrons. The van der Waals surface area contributed by atoms with Crippen molar-refractivity contribution >= 4 is 6.29 Å². The van der Waals surface area contributed by atoms with Crippen molar-refractivity contribution in [2.75, 3.05) is 0 Å². The fraction of sp³-hybridized carbons (Fsp3) is 0.889. The van der Waals surface area contributed by atoms with Crippen molar-refractivity contribution in [3.8, 4) is 0 Å². The lowest BCUT2D eigenvalue weighted by Gasteiger charge is -2.62. The molecule has 2 unspecified atom stereocenters. The SMILES string of the molecule is C[C@H](CCC=O)[C@H]1CC[C@@]2(C)C3=C(CC[C@]12C)[C@@]1(C)CCC(O)C(C)(C)C1CC3. The summed E-state index contributed by atoms with van der Waals surface area (Å²) in [6.45, 7) is 14.8. The molecule has 4 rings (SSSR count). The number of allylic oxidation sites excluding steroid dienone is 2. The third kappa shape index (κ3) is 2.80. The standard InChI is InChI=1S/C27H44O2/c1-18(8-7-17-28)19-11-15-27(6)21-9-10-22-24(2,3)23(29)13-14-25(22,4)20(21)12-16-26(19,27)5/h17-19,22-23,29H,7-16H2,1-6H3/t18-,19-,22?,23?,25-,26-,27+/m1/s1. The third-order valence-corrected chi connectivity index (χ3v) is 11.2. The van der Waals surface area contributed by atoms with Gasteiger partial charge in [-0.3, -0.25) is 0 Å². The largest absolute Gasteiger partial charge is 0.393 e. The molecule has 0 amide bonds. The Kier molecular flexibility index (Phi) is 5.17. The van der Waals surface area contributed by atoms with Crippen LogP contribution in [0.15, 0.2) is 11.1 Å². The number of fused-ring (bicyclic) bond motifs is 4. The van der Waals surface area contributed by atoms with E-state index in [1.807, 2.05) is 5.57 Å². The van der Waals surface area contributed by atoms with E-state index in [4.69, 9.17) is 0 Å². The lowest BCUT2D eigenvalue weighted by atomic mass is 9.43. The highest BCUT2D eigenvalue weighted by Crippen LogP contribution is 2.72. The first kappa shape index (κ1) is 21.6. The zero-order valence-electron chi connectivity index (χ0n) is 19.8. The van der Waals surface area contributed by atoms with Crippen LogP contribution in [0.5, 0.6) is 0 Å². The summed E-state index contributed by atoms with van der Waals surface area (Å²) in [5, 5.41) is 10.8. The molecule has 0 aromatic rings. The van der Waals surface area contributed by atoms with Crippen LogP contribution in [0, 0.1) is 39.4 Å². The van der Waals surface area contributed by atoms with Gasteiger partial charge in [0.15, 0.2) is 0 Å². The fourth-order valence-electron chi connectivity index (χ4n) is 9.16. The summed E-state index contributed by atoms with van der Waals surface area (Å²) in [6.07, 6.45) is 12.6. The first-order valence-electron chi connectivity index (χ1n) is 12.4. The van der Waals surface area contributed by atoms with E-state index < -0.39 is 0 Å². The van der Waals surface area contributed by atoms with Crippen LogP contribution >= 0.6 is 0 Å². The quantitative estimate of drug-likeness (QED) is 0.420. The van der Waals surface area contributed by atoms with Gasteiger partial charge >= 0.3 is 0 Å². The number of hydrogen-bond acceptors (Lipinski definition) is 2. The van der Waals surface area contributed by atoms with Crippen LogP contribution in [0.1, 0.15) is 106 Å². The highest BCUT2D eigenvalue weighted by atomic mass is 16.3. The highest BCUT2D eigenvalue weighted by Gasteiger charge is 2.63. The molecule has 2 nitrogen and oxygen atoms in total. The summed E-state index contributed by atoms with van der Waals surface area (Å²) in [6, 6.07) is 0. The zero-order valence-corrected chi connectivity index (χ0v) is 19.8. The normalized spacial score (nSPS) is 47.2. The van der Waals surface area contributed by atoms with Gasteiger partial charge in [0.25, 0.3) is 0 Å². The Morgan fingerprint density at radius 1 is 1.00 bits per heavy atom. The molecule has 2 saturated carbocycles. The van der Waals surface area contributed by atoms with Gasteiger partial charge in [-0.25, -0.2) is 0 Å². The van der Waals surface area contributed by atoms with Gasteiger partial charge in [-0.05, 0) is 97.2 Å². The van der Waals surface area contributed by atoms with Crippen LogP contribution in [0.25, 0.3) is 0 Å². The number of aliphatic hydroxyl groups is 1. The van der Waals surface area contributed by atoms with Crippen molar-refractivity contribution in [1.82, 2.24) is 0 Å². The minimum atomic E-state index is -0.151. The van der Waals surface area contributed by atoms with Gasteiger partial charge < -0.3 is 9.90 Å². The van der Waals surface area contributed by atoms with Gasteiger partial charge in [-0.15, -0.1) is 0 Å². The zero-order chi connectivity index (χ0) is 21.2. The van der Waals surface area contributed by atoms with E-state index in [2.05, 4.69) is 41.5 Å². The van der Waals surface area contributed by atoms with Crippen LogP contribution in [0.4, 0.5) is 0 Å². The Balaban J connectivity index is 1.71. The number of rotatable bonds is 4.